The van der Waals surface area contributed by atoms with Crippen molar-refractivity contribution in [3.05, 3.63) is 45.9 Å². The molecule has 4 heteroatoms. The molecule has 0 amide bonds. The Morgan fingerprint density at radius 3 is 3.22 bits per heavy atom. The number of benzene rings is 1. The zero-order valence-electron chi connectivity index (χ0n) is 9.80. The molecule has 0 saturated heterocycles. The Balaban J connectivity index is 1.81. The van der Waals surface area contributed by atoms with E-state index in [0.717, 1.165) is 22.9 Å². The number of fused-ring (bicyclic) bond motifs is 1. The number of thiazole rings is 1. The van der Waals surface area contributed by atoms with Gasteiger partial charge in [0, 0.05) is 11.3 Å². The predicted octanol–water partition coefficient (Wildman–Crippen LogP) is 2.93. The minimum Gasteiger partial charge on any atom is -0.493 e. The number of hydrogen-bond acceptors (Lipinski definition) is 4. The van der Waals surface area contributed by atoms with E-state index in [0.29, 0.717) is 18.9 Å². The van der Waals surface area contributed by atoms with Crippen LogP contribution in [0.5, 0.6) is 5.75 Å². The second-order valence-corrected chi connectivity index (χ2v) is 5.22. The molecular formula is C14H12N2OS. The molecule has 0 fully saturated rings. The molecule has 0 aliphatic carbocycles. The summed E-state index contributed by atoms with van der Waals surface area (Å²) < 4.78 is 5.76. The third-order valence-corrected chi connectivity index (χ3v) is 4.11. The largest absolute Gasteiger partial charge is 0.493 e. The van der Waals surface area contributed by atoms with Crippen molar-refractivity contribution in [3.8, 4) is 11.8 Å². The highest BCUT2D eigenvalue weighted by molar-refractivity contribution is 7.09. The number of ether oxygens (including phenoxy) is 1. The number of nitrogens with zero attached hydrogens (tertiary/aromatic N) is 2. The second-order valence-electron chi connectivity index (χ2n) is 4.33. The number of nitriles is 1. The standard InChI is InChI=1S/C14H12N2OS/c15-6-5-12-9-18-14(16-12)11-7-10-3-1-2-4-13(10)17-8-11/h1-4,9,11H,5,7-8H2. The summed E-state index contributed by atoms with van der Waals surface area (Å²) in [5, 5.41) is 11.7. The van der Waals surface area contributed by atoms with Gasteiger partial charge < -0.3 is 4.74 Å². The van der Waals surface area contributed by atoms with Gasteiger partial charge in [-0.1, -0.05) is 18.2 Å². The summed E-state index contributed by atoms with van der Waals surface area (Å²) in [4.78, 5) is 4.51. The fourth-order valence-electron chi connectivity index (χ4n) is 2.16. The molecule has 1 atom stereocenters. The van der Waals surface area contributed by atoms with Gasteiger partial charge in [0.15, 0.2) is 0 Å². The van der Waals surface area contributed by atoms with Crippen LogP contribution in [0.2, 0.25) is 0 Å². The molecule has 1 aromatic heterocycles. The lowest BCUT2D eigenvalue weighted by molar-refractivity contribution is 0.262. The number of hydrogen-bond donors (Lipinski definition) is 0. The lowest BCUT2D eigenvalue weighted by Crippen LogP contribution is -2.19. The molecule has 1 unspecified atom stereocenters. The van der Waals surface area contributed by atoms with Crippen LogP contribution < -0.4 is 4.74 Å². The summed E-state index contributed by atoms with van der Waals surface area (Å²) in [5.74, 6) is 1.31. The van der Waals surface area contributed by atoms with Crippen molar-refractivity contribution in [3.63, 3.8) is 0 Å². The van der Waals surface area contributed by atoms with E-state index in [1.807, 2.05) is 23.6 Å². The summed E-state index contributed by atoms with van der Waals surface area (Å²) in [6, 6.07) is 10.3. The molecule has 1 aliphatic rings. The van der Waals surface area contributed by atoms with Crippen molar-refractivity contribution in [1.29, 1.82) is 5.26 Å². The van der Waals surface area contributed by atoms with Crippen LogP contribution in [-0.2, 0) is 12.8 Å². The van der Waals surface area contributed by atoms with Gasteiger partial charge in [-0.25, -0.2) is 4.98 Å². The third-order valence-electron chi connectivity index (χ3n) is 3.06. The smallest absolute Gasteiger partial charge is 0.122 e. The number of rotatable bonds is 2. The van der Waals surface area contributed by atoms with E-state index in [1.165, 1.54) is 5.56 Å². The molecule has 0 radical (unpaired) electrons. The van der Waals surface area contributed by atoms with Crippen LogP contribution in [-0.4, -0.2) is 11.6 Å². The van der Waals surface area contributed by atoms with Gasteiger partial charge in [0.2, 0.25) is 0 Å². The fraction of sp³-hybridized carbons (Fsp3) is 0.286. The molecule has 3 nitrogen and oxygen atoms in total. The summed E-state index contributed by atoms with van der Waals surface area (Å²) in [7, 11) is 0. The zero-order valence-corrected chi connectivity index (χ0v) is 10.6. The average molecular weight is 256 g/mol. The molecule has 0 spiro atoms. The normalized spacial score (nSPS) is 17.6. The highest BCUT2D eigenvalue weighted by Crippen LogP contribution is 2.33. The van der Waals surface area contributed by atoms with Crippen molar-refractivity contribution in [2.45, 2.75) is 18.8 Å². The Kier molecular flexibility index (Phi) is 2.99. The van der Waals surface area contributed by atoms with E-state index in [1.54, 1.807) is 11.3 Å². The summed E-state index contributed by atoms with van der Waals surface area (Å²) in [5.41, 5.74) is 2.11. The van der Waals surface area contributed by atoms with Crippen LogP contribution in [0.25, 0.3) is 0 Å². The first kappa shape index (κ1) is 11.2. The molecule has 1 aromatic carbocycles. The van der Waals surface area contributed by atoms with Gasteiger partial charge in [-0.05, 0) is 18.1 Å². The van der Waals surface area contributed by atoms with Gasteiger partial charge in [0.05, 0.1) is 29.8 Å². The van der Waals surface area contributed by atoms with E-state index in [4.69, 9.17) is 10.00 Å². The molecule has 2 heterocycles. The first-order valence-electron chi connectivity index (χ1n) is 5.89. The topological polar surface area (TPSA) is 45.9 Å². The van der Waals surface area contributed by atoms with Gasteiger partial charge in [0.25, 0.3) is 0 Å². The van der Waals surface area contributed by atoms with Crippen LogP contribution in [0.1, 0.15) is 22.2 Å². The van der Waals surface area contributed by atoms with Gasteiger partial charge in [-0.3, -0.25) is 0 Å². The van der Waals surface area contributed by atoms with Crippen LogP contribution in [0.4, 0.5) is 0 Å². The van der Waals surface area contributed by atoms with Crippen molar-refractivity contribution in [2.24, 2.45) is 0 Å². The molecular weight excluding hydrogens is 244 g/mol. The monoisotopic (exact) mass is 256 g/mol. The van der Waals surface area contributed by atoms with Gasteiger partial charge in [-0.15, -0.1) is 11.3 Å². The molecule has 1 aliphatic heterocycles. The van der Waals surface area contributed by atoms with Crippen LogP contribution in [0.15, 0.2) is 29.6 Å². The Morgan fingerprint density at radius 2 is 2.33 bits per heavy atom. The van der Waals surface area contributed by atoms with Crippen LogP contribution >= 0.6 is 11.3 Å². The first-order chi connectivity index (χ1) is 8.86. The lowest BCUT2D eigenvalue weighted by Gasteiger charge is -2.23. The second kappa shape index (κ2) is 4.79. The molecule has 90 valence electrons. The maximum Gasteiger partial charge on any atom is 0.122 e. The molecule has 2 aromatic rings. The minimum absolute atomic E-state index is 0.317. The Bertz CT molecular complexity index is 600. The van der Waals surface area contributed by atoms with E-state index in [2.05, 4.69) is 17.1 Å². The molecule has 0 N–H and O–H groups in total. The summed E-state index contributed by atoms with van der Waals surface area (Å²) in [6.07, 6.45) is 1.36. The zero-order chi connectivity index (χ0) is 12.4. The van der Waals surface area contributed by atoms with Gasteiger partial charge in [0.1, 0.15) is 5.75 Å². The Hall–Kier alpha value is -1.86. The van der Waals surface area contributed by atoms with E-state index >= 15 is 0 Å². The van der Waals surface area contributed by atoms with Crippen molar-refractivity contribution < 1.29 is 4.74 Å². The quantitative estimate of drug-likeness (QED) is 0.830. The SMILES string of the molecule is N#CCc1csc(C2COc3ccccc3C2)n1. The predicted molar refractivity (Wildman–Crippen MR) is 69.8 cm³/mol. The third kappa shape index (κ3) is 2.09. The Labute approximate surface area is 110 Å². The average Bonchev–Trinajstić information content (AvgIpc) is 2.87. The van der Waals surface area contributed by atoms with Gasteiger partial charge in [-0.2, -0.15) is 5.26 Å². The molecule has 0 saturated carbocycles. The van der Waals surface area contributed by atoms with Crippen molar-refractivity contribution >= 4 is 11.3 Å². The fourth-order valence-corrected chi connectivity index (χ4v) is 3.07. The van der Waals surface area contributed by atoms with Crippen LogP contribution in [0.3, 0.4) is 0 Å². The molecule has 18 heavy (non-hydrogen) atoms. The van der Waals surface area contributed by atoms with E-state index < -0.39 is 0 Å². The first-order valence-corrected chi connectivity index (χ1v) is 6.76. The van der Waals surface area contributed by atoms with Crippen molar-refractivity contribution in [1.82, 2.24) is 4.98 Å². The highest BCUT2D eigenvalue weighted by atomic mass is 32.1. The maximum absolute atomic E-state index is 8.66. The molecule has 3 rings (SSSR count). The molecule has 0 bridgehead atoms. The van der Waals surface area contributed by atoms with E-state index in [9.17, 15) is 0 Å². The maximum atomic E-state index is 8.66. The van der Waals surface area contributed by atoms with Crippen LogP contribution in [0, 0.1) is 11.3 Å². The van der Waals surface area contributed by atoms with Gasteiger partial charge >= 0.3 is 0 Å². The lowest BCUT2D eigenvalue weighted by atomic mass is 9.97. The number of aromatic nitrogens is 1. The summed E-state index contributed by atoms with van der Waals surface area (Å²) >= 11 is 1.63. The summed E-state index contributed by atoms with van der Waals surface area (Å²) in [6.45, 7) is 0.677. The highest BCUT2D eigenvalue weighted by Gasteiger charge is 2.23. The Morgan fingerprint density at radius 1 is 1.44 bits per heavy atom. The minimum atomic E-state index is 0.317. The van der Waals surface area contributed by atoms with Crippen molar-refractivity contribution in [2.75, 3.05) is 6.61 Å². The van der Waals surface area contributed by atoms with E-state index in [-0.39, 0.29) is 0 Å². The number of para-hydroxylation sites is 1.